The van der Waals surface area contributed by atoms with E-state index in [-0.39, 0.29) is 15.6 Å². The maximum absolute atomic E-state index is 13.8. The molecule has 0 aliphatic rings. The summed E-state index contributed by atoms with van der Waals surface area (Å²) >= 11 is 5.95. The van der Waals surface area contributed by atoms with E-state index in [0.29, 0.717) is 0 Å². The smallest absolute Gasteiger partial charge is 0.264 e. The monoisotopic (exact) mass is 522 g/mol. The van der Waals surface area contributed by atoms with E-state index in [1.807, 2.05) is 61.5 Å². The second-order valence-corrected chi connectivity index (χ2v) is 10.5. The van der Waals surface area contributed by atoms with Crippen LogP contribution in [0, 0.1) is 12.7 Å². The van der Waals surface area contributed by atoms with E-state index in [2.05, 4.69) is 5.32 Å². The molecule has 0 aliphatic heterocycles. The summed E-state index contributed by atoms with van der Waals surface area (Å²) in [4.78, 5) is 13.4. The highest BCUT2D eigenvalue weighted by molar-refractivity contribution is 7.92. The third kappa shape index (κ3) is 5.75. The molecule has 0 bridgehead atoms. The number of amides is 1. The summed E-state index contributed by atoms with van der Waals surface area (Å²) in [6.07, 6.45) is 0. The van der Waals surface area contributed by atoms with Crippen LogP contribution in [0.3, 0.4) is 0 Å². The van der Waals surface area contributed by atoms with E-state index in [1.165, 1.54) is 24.3 Å². The third-order valence-electron chi connectivity index (χ3n) is 5.66. The van der Waals surface area contributed by atoms with Gasteiger partial charge in [-0.25, -0.2) is 12.8 Å². The average molecular weight is 523 g/mol. The standard InChI is InChI=1S/C28H24ClFN2O3S/c1-20-12-14-22(15-13-20)28(21-8-4-2-5-9-21)31-27(33)19-32(23-16-17-26(30)25(29)18-23)36(34,35)24-10-6-3-7-11-24/h2-18,28H,19H2,1H3,(H,31,33)/t28-/m0/s1. The highest BCUT2D eigenvalue weighted by Gasteiger charge is 2.29. The quantitative estimate of drug-likeness (QED) is 0.314. The van der Waals surface area contributed by atoms with Gasteiger partial charge in [-0.3, -0.25) is 9.10 Å². The predicted octanol–water partition coefficient (Wildman–Crippen LogP) is 5.89. The molecular weight excluding hydrogens is 499 g/mol. The van der Waals surface area contributed by atoms with Crippen LogP contribution in [-0.4, -0.2) is 20.9 Å². The van der Waals surface area contributed by atoms with E-state index < -0.39 is 34.3 Å². The molecule has 0 aromatic heterocycles. The lowest BCUT2D eigenvalue weighted by Gasteiger charge is -2.26. The number of carbonyl (C=O) groups excluding carboxylic acids is 1. The largest absolute Gasteiger partial charge is 0.344 e. The topological polar surface area (TPSA) is 66.5 Å². The number of anilines is 1. The van der Waals surface area contributed by atoms with Gasteiger partial charge in [0.15, 0.2) is 0 Å². The Hall–Kier alpha value is -3.68. The van der Waals surface area contributed by atoms with Gasteiger partial charge in [0.05, 0.1) is 21.6 Å². The molecule has 1 amide bonds. The molecule has 4 aromatic carbocycles. The summed E-state index contributed by atoms with van der Waals surface area (Å²) in [6.45, 7) is 1.44. The van der Waals surface area contributed by atoms with Crippen LogP contribution in [0.4, 0.5) is 10.1 Å². The Morgan fingerprint density at radius 3 is 2.08 bits per heavy atom. The lowest BCUT2D eigenvalue weighted by molar-refractivity contribution is -0.120. The second kappa shape index (κ2) is 10.9. The van der Waals surface area contributed by atoms with Gasteiger partial charge < -0.3 is 5.32 Å². The molecule has 0 aliphatic carbocycles. The SMILES string of the molecule is Cc1ccc([C@@H](NC(=O)CN(c2ccc(F)c(Cl)c2)S(=O)(=O)c2ccccc2)c2ccccc2)cc1. The average Bonchev–Trinajstić information content (AvgIpc) is 2.89. The molecule has 5 nitrogen and oxygen atoms in total. The first-order valence-corrected chi connectivity index (χ1v) is 13.0. The summed E-state index contributed by atoms with van der Waals surface area (Å²) in [5.74, 6) is -1.23. The maximum Gasteiger partial charge on any atom is 0.264 e. The first-order chi connectivity index (χ1) is 17.3. The molecule has 0 saturated heterocycles. The van der Waals surface area contributed by atoms with E-state index in [1.54, 1.807) is 18.2 Å². The number of nitrogens with zero attached hydrogens (tertiary/aromatic N) is 1. The third-order valence-corrected chi connectivity index (χ3v) is 7.74. The summed E-state index contributed by atoms with van der Waals surface area (Å²) in [5.41, 5.74) is 2.84. The van der Waals surface area contributed by atoms with Crippen LogP contribution in [-0.2, 0) is 14.8 Å². The van der Waals surface area contributed by atoms with Crippen LogP contribution in [0.25, 0.3) is 0 Å². The molecular formula is C28H24ClFN2O3S. The van der Waals surface area contributed by atoms with Crippen molar-refractivity contribution in [3.8, 4) is 0 Å². The fourth-order valence-electron chi connectivity index (χ4n) is 3.78. The van der Waals surface area contributed by atoms with Crippen molar-refractivity contribution >= 4 is 33.2 Å². The molecule has 184 valence electrons. The number of nitrogens with one attached hydrogen (secondary N) is 1. The first-order valence-electron chi connectivity index (χ1n) is 11.2. The van der Waals surface area contributed by atoms with Gasteiger partial charge in [0.25, 0.3) is 10.0 Å². The fourth-order valence-corrected chi connectivity index (χ4v) is 5.38. The maximum atomic E-state index is 13.8. The van der Waals surface area contributed by atoms with Crippen molar-refractivity contribution in [1.29, 1.82) is 0 Å². The van der Waals surface area contributed by atoms with Crippen molar-refractivity contribution in [3.63, 3.8) is 0 Å². The summed E-state index contributed by atoms with van der Waals surface area (Å²) in [5, 5.41) is 2.72. The number of benzene rings is 4. The lowest BCUT2D eigenvalue weighted by Crippen LogP contribution is -2.42. The zero-order valence-electron chi connectivity index (χ0n) is 19.4. The number of hydrogen-bond acceptors (Lipinski definition) is 3. The van der Waals surface area contributed by atoms with Crippen molar-refractivity contribution < 1.29 is 17.6 Å². The molecule has 36 heavy (non-hydrogen) atoms. The molecule has 4 aromatic rings. The van der Waals surface area contributed by atoms with Gasteiger partial charge in [0.2, 0.25) is 5.91 Å². The van der Waals surface area contributed by atoms with E-state index in [4.69, 9.17) is 11.6 Å². The van der Waals surface area contributed by atoms with E-state index in [9.17, 15) is 17.6 Å². The molecule has 8 heteroatoms. The Morgan fingerprint density at radius 1 is 0.889 bits per heavy atom. The Kier molecular flexibility index (Phi) is 7.72. The number of rotatable bonds is 8. The molecule has 0 saturated carbocycles. The van der Waals surface area contributed by atoms with Crippen molar-refractivity contribution in [2.24, 2.45) is 0 Å². The van der Waals surface area contributed by atoms with Gasteiger partial charge in [0, 0.05) is 0 Å². The molecule has 0 radical (unpaired) electrons. The van der Waals surface area contributed by atoms with Crippen LogP contribution in [0.5, 0.6) is 0 Å². The molecule has 0 fully saturated rings. The predicted molar refractivity (Wildman–Crippen MR) is 140 cm³/mol. The number of aryl methyl sites for hydroxylation is 1. The number of halogens is 2. The number of sulfonamides is 1. The van der Waals surface area contributed by atoms with E-state index >= 15 is 0 Å². The van der Waals surface area contributed by atoms with Gasteiger partial charge >= 0.3 is 0 Å². The molecule has 0 unspecified atom stereocenters. The van der Waals surface area contributed by atoms with Gasteiger partial charge in [-0.05, 0) is 48.4 Å². The molecule has 1 N–H and O–H groups in total. The minimum atomic E-state index is -4.16. The van der Waals surface area contributed by atoms with Gasteiger partial charge in [-0.1, -0.05) is 90.0 Å². The Balaban J connectivity index is 1.69. The Labute approximate surface area is 215 Å². The first kappa shape index (κ1) is 25.4. The van der Waals surface area contributed by atoms with Crippen LogP contribution in [0.2, 0.25) is 5.02 Å². The lowest BCUT2D eigenvalue weighted by atomic mass is 9.98. The van der Waals surface area contributed by atoms with E-state index in [0.717, 1.165) is 27.1 Å². The Morgan fingerprint density at radius 2 is 1.47 bits per heavy atom. The van der Waals surface area contributed by atoms with Crippen LogP contribution in [0.1, 0.15) is 22.7 Å². The van der Waals surface area contributed by atoms with Crippen molar-refractivity contribution in [2.75, 3.05) is 10.8 Å². The zero-order chi connectivity index (χ0) is 25.7. The highest BCUT2D eigenvalue weighted by atomic mass is 35.5. The van der Waals surface area contributed by atoms with Crippen LogP contribution >= 0.6 is 11.6 Å². The van der Waals surface area contributed by atoms with Crippen LogP contribution in [0.15, 0.2) is 108 Å². The number of carbonyl (C=O) groups is 1. The van der Waals surface area contributed by atoms with Crippen molar-refractivity contribution in [2.45, 2.75) is 17.9 Å². The molecule has 1 atom stereocenters. The molecule has 0 spiro atoms. The minimum absolute atomic E-state index is 0.00334. The Bertz CT molecular complexity index is 1450. The highest BCUT2D eigenvalue weighted by Crippen LogP contribution is 2.28. The second-order valence-electron chi connectivity index (χ2n) is 8.25. The minimum Gasteiger partial charge on any atom is -0.344 e. The summed E-state index contributed by atoms with van der Waals surface area (Å²) in [6, 6.07) is 27.9. The zero-order valence-corrected chi connectivity index (χ0v) is 21.0. The molecule has 0 heterocycles. The van der Waals surface area contributed by atoms with Gasteiger partial charge in [-0.15, -0.1) is 0 Å². The summed E-state index contributed by atoms with van der Waals surface area (Å²) < 4.78 is 41.8. The van der Waals surface area contributed by atoms with Gasteiger partial charge in [0.1, 0.15) is 12.4 Å². The fraction of sp³-hybridized carbons (Fsp3) is 0.107. The van der Waals surface area contributed by atoms with Gasteiger partial charge in [-0.2, -0.15) is 0 Å². The van der Waals surface area contributed by atoms with Crippen molar-refractivity contribution in [1.82, 2.24) is 5.32 Å². The van der Waals surface area contributed by atoms with Crippen molar-refractivity contribution in [3.05, 3.63) is 131 Å². The summed E-state index contributed by atoms with van der Waals surface area (Å²) in [7, 11) is -4.16. The van der Waals surface area contributed by atoms with Crippen LogP contribution < -0.4 is 9.62 Å². The number of hydrogen-bond donors (Lipinski definition) is 1. The molecule has 4 rings (SSSR count). The normalized spacial score (nSPS) is 12.1.